The first-order chi connectivity index (χ1) is 10.1. The molecule has 2 N–H and O–H groups in total. The van der Waals surface area contributed by atoms with Gasteiger partial charge in [0, 0.05) is 17.8 Å². The van der Waals surface area contributed by atoms with Gasteiger partial charge in [0.1, 0.15) is 12.3 Å². The number of thioether (sulfide) groups is 1. The maximum atomic E-state index is 5.57. The monoisotopic (exact) mass is 438 g/mol. The first-order valence-corrected chi connectivity index (χ1v) is 8.91. The Morgan fingerprint density at radius 2 is 2.18 bits per heavy atom. The van der Waals surface area contributed by atoms with Crippen LogP contribution in [0.3, 0.4) is 0 Å². The summed E-state index contributed by atoms with van der Waals surface area (Å²) in [5.41, 5.74) is 0.941. The Kier molecular flexibility index (Phi) is 8.59. The maximum absolute atomic E-state index is 5.57. The van der Waals surface area contributed by atoms with Gasteiger partial charge in [-0.05, 0) is 46.3 Å². The third-order valence-electron chi connectivity index (χ3n) is 3.85. The standard InChI is InChI=1S/C15H26N4OS.HI/c1-5-16-15(19-12-6-7-13(8-12)21-4)17-9-14-18-10(2)11(3)20-14;/h12-13H,5-9H2,1-4H3,(H2,16,17,19);1H. The molecule has 1 aromatic heterocycles. The van der Waals surface area contributed by atoms with E-state index in [1.54, 1.807) is 0 Å². The van der Waals surface area contributed by atoms with E-state index in [9.17, 15) is 0 Å². The largest absolute Gasteiger partial charge is 0.444 e. The highest BCUT2D eigenvalue weighted by molar-refractivity contribution is 14.0. The zero-order valence-corrected chi connectivity index (χ0v) is 17.0. The number of nitrogens with one attached hydrogen (secondary N) is 2. The zero-order valence-electron chi connectivity index (χ0n) is 13.8. The molecule has 0 aromatic carbocycles. The highest BCUT2D eigenvalue weighted by Gasteiger charge is 2.24. The number of hydrogen-bond acceptors (Lipinski definition) is 4. The van der Waals surface area contributed by atoms with Crippen molar-refractivity contribution in [3.63, 3.8) is 0 Å². The van der Waals surface area contributed by atoms with Gasteiger partial charge in [0.25, 0.3) is 0 Å². The fraction of sp³-hybridized carbons (Fsp3) is 0.733. The summed E-state index contributed by atoms with van der Waals surface area (Å²) in [6.45, 7) is 7.30. The Hall–Kier alpha value is -0.440. The maximum Gasteiger partial charge on any atom is 0.216 e. The van der Waals surface area contributed by atoms with E-state index >= 15 is 0 Å². The van der Waals surface area contributed by atoms with Crippen LogP contribution in [0, 0.1) is 13.8 Å². The minimum absolute atomic E-state index is 0. The van der Waals surface area contributed by atoms with Gasteiger partial charge in [-0.3, -0.25) is 0 Å². The van der Waals surface area contributed by atoms with Crippen LogP contribution in [0.4, 0.5) is 0 Å². The van der Waals surface area contributed by atoms with Crippen molar-refractivity contribution in [2.75, 3.05) is 12.8 Å². The molecule has 7 heteroatoms. The van der Waals surface area contributed by atoms with Crippen molar-refractivity contribution in [3.05, 3.63) is 17.3 Å². The Labute approximate surface area is 154 Å². The molecule has 0 radical (unpaired) electrons. The molecule has 0 saturated heterocycles. The number of oxazole rings is 1. The Morgan fingerprint density at radius 3 is 2.73 bits per heavy atom. The zero-order chi connectivity index (χ0) is 15.2. The Bertz CT molecular complexity index is 472. The first-order valence-electron chi connectivity index (χ1n) is 7.63. The number of aryl methyl sites for hydroxylation is 2. The molecule has 126 valence electrons. The van der Waals surface area contributed by atoms with E-state index in [2.05, 4.69) is 33.8 Å². The van der Waals surface area contributed by atoms with Crippen LogP contribution in [0.1, 0.15) is 43.5 Å². The fourth-order valence-corrected chi connectivity index (χ4v) is 3.35. The SMILES string of the molecule is CCNC(=NCc1nc(C)c(C)o1)NC1CCC(SC)C1.I. The minimum Gasteiger partial charge on any atom is -0.444 e. The molecule has 0 amide bonds. The molecule has 0 aliphatic heterocycles. The lowest BCUT2D eigenvalue weighted by Gasteiger charge is -2.16. The number of aliphatic imine (C=N–C) groups is 1. The third-order valence-corrected chi connectivity index (χ3v) is 4.94. The van der Waals surface area contributed by atoms with Gasteiger partial charge in [-0.15, -0.1) is 24.0 Å². The van der Waals surface area contributed by atoms with Gasteiger partial charge in [0.2, 0.25) is 5.89 Å². The van der Waals surface area contributed by atoms with Crippen LogP contribution in [0.2, 0.25) is 0 Å². The number of halogens is 1. The van der Waals surface area contributed by atoms with Gasteiger partial charge >= 0.3 is 0 Å². The number of aromatic nitrogens is 1. The average Bonchev–Trinajstić information content (AvgIpc) is 3.04. The second kappa shape index (κ2) is 9.64. The van der Waals surface area contributed by atoms with E-state index in [4.69, 9.17) is 4.42 Å². The van der Waals surface area contributed by atoms with Gasteiger partial charge in [-0.25, -0.2) is 9.98 Å². The molecule has 5 nitrogen and oxygen atoms in total. The summed E-state index contributed by atoms with van der Waals surface area (Å²) in [7, 11) is 0. The van der Waals surface area contributed by atoms with Crippen LogP contribution in [0.5, 0.6) is 0 Å². The van der Waals surface area contributed by atoms with Gasteiger partial charge in [-0.1, -0.05) is 0 Å². The molecule has 1 saturated carbocycles. The average molecular weight is 438 g/mol. The molecule has 1 aromatic rings. The molecule has 2 rings (SSSR count). The highest BCUT2D eigenvalue weighted by Crippen LogP contribution is 2.28. The normalized spacial score (nSPS) is 21.5. The molecule has 1 heterocycles. The molecule has 1 aliphatic rings. The van der Waals surface area contributed by atoms with Crippen LogP contribution in [-0.4, -0.2) is 35.0 Å². The van der Waals surface area contributed by atoms with Crippen LogP contribution >= 0.6 is 35.7 Å². The quantitative estimate of drug-likeness (QED) is 0.420. The number of guanidine groups is 1. The van der Waals surface area contributed by atoms with E-state index in [1.165, 1.54) is 19.3 Å². The van der Waals surface area contributed by atoms with Crippen molar-refractivity contribution >= 4 is 41.7 Å². The van der Waals surface area contributed by atoms with Crippen LogP contribution in [0.15, 0.2) is 9.41 Å². The van der Waals surface area contributed by atoms with Gasteiger partial charge in [-0.2, -0.15) is 11.8 Å². The van der Waals surface area contributed by atoms with Crippen molar-refractivity contribution in [2.24, 2.45) is 4.99 Å². The fourth-order valence-electron chi connectivity index (χ4n) is 2.55. The molecule has 0 spiro atoms. The van der Waals surface area contributed by atoms with Crippen molar-refractivity contribution in [3.8, 4) is 0 Å². The van der Waals surface area contributed by atoms with Crippen LogP contribution in [-0.2, 0) is 6.54 Å². The molecule has 22 heavy (non-hydrogen) atoms. The Balaban J connectivity index is 0.00000242. The summed E-state index contributed by atoms with van der Waals surface area (Å²) in [6, 6.07) is 0.522. The Morgan fingerprint density at radius 1 is 1.41 bits per heavy atom. The second-order valence-electron chi connectivity index (χ2n) is 5.46. The molecule has 1 aliphatic carbocycles. The molecule has 2 unspecified atom stereocenters. The number of nitrogens with zero attached hydrogens (tertiary/aromatic N) is 2. The predicted octanol–water partition coefficient (Wildman–Crippen LogP) is 3.25. The van der Waals surface area contributed by atoms with E-state index in [0.29, 0.717) is 18.5 Å². The molecular weight excluding hydrogens is 411 g/mol. The van der Waals surface area contributed by atoms with E-state index < -0.39 is 0 Å². The summed E-state index contributed by atoms with van der Waals surface area (Å²) in [4.78, 5) is 8.95. The summed E-state index contributed by atoms with van der Waals surface area (Å²) < 4.78 is 5.57. The highest BCUT2D eigenvalue weighted by atomic mass is 127. The number of rotatable bonds is 5. The summed E-state index contributed by atoms with van der Waals surface area (Å²) in [6.07, 6.45) is 5.91. The van der Waals surface area contributed by atoms with E-state index in [-0.39, 0.29) is 24.0 Å². The van der Waals surface area contributed by atoms with Crippen LogP contribution in [0.25, 0.3) is 0 Å². The smallest absolute Gasteiger partial charge is 0.216 e. The van der Waals surface area contributed by atoms with Crippen molar-refractivity contribution < 1.29 is 4.42 Å². The van der Waals surface area contributed by atoms with Crippen molar-refractivity contribution in [1.29, 1.82) is 0 Å². The summed E-state index contributed by atoms with van der Waals surface area (Å²) in [5.74, 6) is 2.41. The molecule has 0 bridgehead atoms. The van der Waals surface area contributed by atoms with E-state index in [1.807, 2.05) is 25.6 Å². The summed E-state index contributed by atoms with van der Waals surface area (Å²) >= 11 is 1.97. The van der Waals surface area contributed by atoms with Gasteiger partial charge in [0.15, 0.2) is 5.96 Å². The second-order valence-corrected chi connectivity index (χ2v) is 6.59. The van der Waals surface area contributed by atoms with E-state index in [0.717, 1.165) is 29.2 Å². The molecule has 2 atom stereocenters. The molecule has 1 fully saturated rings. The topological polar surface area (TPSA) is 62.5 Å². The summed E-state index contributed by atoms with van der Waals surface area (Å²) in [5, 5.41) is 7.61. The van der Waals surface area contributed by atoms with Gasteiger partial charge in [0.05, 0.1) is 5.69 Å². The lowest BCUT2D eigenvalue weighted by Crippen LogP contribution is -2.42. The van der Waals surface area contributed by atoms with Gasteiger partial charge < -0.3 is 15.1 Å². The lowest BCUT2D eigenvalue weighted by atomic mass is 10.2. The van der Waals surface area contributed by atoms with Crippen LogP contribution < -0.4 is 10.6 Å². The first kappa shape index (κ1) is 19.6. The van der Waals surface area contributed by atoms with Crippen molar-refractivity contribution in [1.82, 2.24) is 15.6 Å². The molecular formula is C15H27IN4OS. The van der Waals surface area contributed by atoms with Crippen molar-refractivity contribution in [2.45, 2.75) is 57.9 Å². The number of hydrogen-bond donors (Lipinski definition) is 2. The lowest BCUT2D eigenvalue weighted by molar-refractivity contribution is 0.472. The minimum atomic E-state index is 0. The predicted molar refractivity (Wildman–Crippen MR) is 104 cm³/mol. The third kappa shape index (κ3) is 5.64.